The molecule has 2 aromatic carbocycles. The van der Waals surface area contributed by atoms with Crippen molar-refractivity contribution in [1.29, 1.82) is 0 Å². The van der Waals surface area contributed by atoms with Crippen LogP contribution < -0.4 is 16.4 Å². The Morgan fingerprint density at radius 2 is 1.82 bits per heavy atom. The third kappa shape index (κ3) is 4.78. The molecule has 3 amide bonds. The first-order valence-electron chi connectivity index (χ1n) is 9.36. The van der Waals surface area contributed by atoms with Gasteiger partial charge in [0.1, 0.15) is 10.8 Å². The lowest BCUT2D eigenvalue weighted by Crippen LogP contribution is -2.61. The van der Waals surface area contributed by atoms with Crippen molar-refractivity contribution in [3.05, 3.63) is 82.7 Å². The Balaban J connectivity index is 2.06. The molecule has 0 radical (unpaired) electrons. The number of methoxy groups -OCH3 is 1. The molecule has 0 heterocycles. The summed E-state index contributed by atoms with van der Waals surface area (Å²) in [5.41, 5.74) is 6.60. The maximum atomic E-state index is 13.2. The smallest absolute Gasteiger partial charge is 0.317 e. The van der Waals surface area contributed by atoms with Gasteiger partial charge in [0.15, 0.2) is 4.87 Å². The molecular formula is C22H18Cl2FN3O4S. The number of aliphatic hydroxyl groups is 1. The largest absolute Gasteiger partial charge is 0.359 e. The lowest BCUT2D eigenvalue weighted by Gasteiger charge is -2.42. The van der Waals surface area contributed by atoms with Crippen LogP contribution in [0.5, 0.6) is 0 Å². The number of alkyl halides is 1. The van der Waals surface area contributed by atoms with E-state index in [4.69, 9.17) is 45.9 Å². The Hall–Kier alpha value is -2.82. The van der Waals surface area contributed by atoms with Crippen LogP contribution in [0.3, 0.4) is 0 Å². The van der Waals surface area contributed by atoms with Crippen molar-refractivity contribution in [3.8, 4) is 0 Å². The number of para-hydroxylation sites is 1. The molecular weight excluding hydrogens is 492 g/mol. The fourth-order valence-corrected chi connectivity index (χ4v) is 4.26. The third-order valence-corrected chi connectivity index (χ3v) is 6.36. The normalized spacial score (nSPS) is 22.1. The number of primary amides is 1. The Morgan fingerprint density at radius 1 is 1.18 bits per heavy atom. The van der Waals surface area contributed by atoms with Gasteiger partial charge >= 0.3 is 6.03 Å². The molecule has 1 aliphatic carbocycles. The molecule has 5 N–H and O–H groups in total. The molecule has 0 bridgehead atoms. The summed E-state index contributed by atoms with van der Waals surface area (Å²) in [5, 5.41) is 15.7. The van der Waals surface area contributed by atoms with Crippen molar-refractivity contribution >= 4 is 63.6 Å². The molecule has 0 aliphatic heterocycles. The Bertz CT molecular complexity index is 1190. The van der Waals surface area contributed by atoms with Crippen molar-refractivity contribution in [1.82, 2.24) is 5.32 Å². The zero-order valence-electron chi connectivity index (χ0n) is 17.1. The number of hydrogen-bond acceptors (Lipinski definition) is 5. The number of halogens is 3. The van der Waals surface area contributed by atoms with Crippen LogP contribution >= 0.6 is 35.4 Å². The highest BCUT2D eigenvalue weighted by Gasteiger charge is 2.56. The molecule has 33 heavy (non-hydrogen) atoms. The summed E-state index contributed by atoms with van der Waals surface area (Å²) in [6.07, 6.45) is 2.73. The molecule has 0 saturated heterocycles. The van der Waals surface area contributed by atoms with Crippen LogP contribution in [0, 0.1) is 5.82 Å². The number of carbonyl (C=O) groups is 2. The standard InChI is InChI=1S/C22H18Cl2FN3O4S/c1-32-22(31)17(23)10-13(11-21(22,24)19(33)28-20(26)30)15-4-2-3-5-16(15)27-18(29)12-6-8-14(25)9-7-12/h2-11,31H,1H3,(H,27,29)(H3,26,28,30,33). The average Bonchev–Trinajstić information content (AvgIpc) is 2.77. The molecule has 0 spiro atoms. The molecule has 2 atom stereocenters. The van der Waals surface area contributed by atoms with E-state index in [2.05, 4.69) is 10.6 Å². The lowest BCUT2D eigenvalue weighted by molar-refractivity contribution is -0.154. The fraction of sp³-hybridized carbons (Fsp3) is 0.136. The first kappa shape index (κ1) is 24.8. The first-order chi connectivity index (χ1) is 15.5. The molecule has 2 aromatic rings. The molecule has 3 rings (SSSR count). The van der Waals surface area contributed by atoms with Gasteiger partial charge in [-0.1, -0.05) is 42.0 Å². The van der Waals surface area contributed by atoms with Crippen LogP contribution in [-0.4, -0.2) is 39.8 Å². The minimum atomic E-state index is -2.31. The maximum Gasteiger partial charge on any atom is 0.317 e. The van der Waals surface area contributed by atoms with Gasteiger partial charge in [0, 0.05) is 23.9 Å². The zero-order chi connectivity index (χ0) is 24.4. The predicted molar refractivity (Wildman–Crippen MR) is 129 cm³/mol. The molecule has 1 aliphatic rings. The van der Waals surface area contributed by atoms with E-state index < -0.39 is 28.4 Å². The second kappa shape index (κ2) is 9.58. The third-order valence-electron chi connectivity index (χ3n) is 4.91. The quantitative estimate of drug-likeness (QED) is 0.277. The SMILES string of the molecule is COC1(O)C(Cl)=CC(c2ccccc2NC(=O)c2ccc(F)cc2)=CC1(Cl)C(=S)NC(N)=O. The van der Waals surface area contributed by atoms with Crippen LogP contribution in [0.25, 0.3) is 5.57 Å². The van der Waals surface area contributed by atoms with Crippen molar-refractivity contribution in [3.63, 3.8) is 0 Å². The van der Waals surface area contributed by atoms with Crippen molar-refractivity contribution in [2.24, 2.45) is 5.73 Å². The van der Waals surface area contributed by atoms with Gasteiger partial charge in [-0.2, -0.15) is 0 Å². The van der Waals surface area contributed by atoms with E-state index in [1.54, 1.807) is 24.3 Å². The van der Waals surface area contributed by atoms with E-state index in [0.29, 0.717) is 16.8 Å². The summed E-state index contributed by atoms with van der Waals surface area (Å²) >= 11 is 18.2. The van der Waals surface area contributed by atoms with Gasteiger partial charge in [-0.05, 0) is 48.1 Å². The van der Waals surface area contributed by atoms with E-state index in [0.717, 1.165) is 7.11 Å². The Kier molecular flexibility index (Phi) is 7.20. The molecule has 0 fully saturated rings. The fourth-order valence-electron chi connectivity index (χ4n) is 3.23. The van der Waals surface area contributed by atoms with Gasteiger partial charge in [0.2, 0.25) is 5.79 Å². The minimum Gasteiger partial charge on any atom is -0.359 e. The molecule has 11 heteroatoms. The highest BCUT2D eigenvalue weighted by molar-refractivity contribution is 7.80. The summed E-state index contributed by atoms with van der Waals surface area (Å²) in [4.78, 5) is 21.7. The number of carbonyl (C=O) groups excluding carboxylic acids is 2. The van der Waals surface area contributed by atoms with Gasteiger partial charge < -0.3 is 26.2 Å². The lowest BCUT2D eigenvalue weighted by atomic mass is 9.85. The molecule has 172 valence electrons. The van der Waals surface area contributed by atoms with Gasteiger partial charge in [-0.25, -0.2) is 9.18 Å². The maximum absolute atomic E-state index is 13.2. The number of hydrogen-bond donors (Lipinski definition) is 4. The zero-order valence-corrected chi connectivity index (χ0v) is 19.4. The van der Waals surface area contributed by atoms with Gasteiger partial charge in [0.25, 0.3) is 5.91 Å². The van der Waals surface area contributed by atoms with E-state index >= 15 is 0 Å². The number of thiocarbonyl (C=S) groups is 1. The number of amides is 3. The number of nitrogens with two attached hydrogens (primary N) is 1. The number of anilines is 1. The minimum absolute atomic E-state index is 0.231. The summed E-state index contributed by atoms with van der Waals surface area (Å²) in [6.45, 7) is 0. The topological polar surface area (TPSA) is 114 Å². The van der Waals surface area contributed by atoms with Crippen molar-refractivity contribution in [2.75, 3.05) is 12.4 Å². The van der Waals surface area contributed by atoms with Gasteiger partial charge in [-0.3, -0.25) is 4.79 Å². The van der Waals surface area contributed by atoms with Crippen LogP contribution in [0.4, 0.5) is 14.9 Å². The van der Waals surface area contributed by atoms with Crippen LogP contribution in [-0.2, 0) is 4.74 Å². The molecule has 2 unspecified atom stereocenters. The number of rotatable bonds is 5. The number of urea groups is 1. The summed E-state index contributed by atoms with van der Waals surface area (Å²) in [6, 6.07) is 10.8. The van der Waals surface area contributed by atoms with Crippen LogP contribution in [0.15, 0.2) is 65.7 Å². The summed E-state index contributed by atoms with van der Waals surface area (Å²) in [5.74, 6) is -3.26. The van der Waals surface area contributed by atoms with E-state index in [-0.39, 0.29) is 15.6 Å². The average molecular weight is 510 g/mol. The van der Waals surface area contributed by atoms with E-state index in [1.165, 1.54) is 36.4 Å². The van der Waals surface area contributed by atoms with Crippen molar-refractivity contribution < 1.29 is 23.8 Å². The van der Waals surface area contributed by atoms with Crippen LogP contribution in [0.2, 0.25) is 0 Å². The number of benzene rings is 2. The highest BCUT2D eigenvalue weighted by atomic mass is 35.5. The molecule has 0 aromatic heterocycles. The summed E-state index contributed by atoms with van der Waals surface area (Å²) < 4.78 is 18.3. The molecule has 0 saturated carbocycles. The Labute approximate surface area is 204 Å². The monoisotopic (exact) mass is 509 g/mol. The Morgan fingerprint density at radius 3 is 2.42 bits per heavy atom. The molecule has 7 nitrogen and oxygen atoms in total. The second-order valence-corrected chi connectivity index (χ2v) is 8.39. The van der Waals surface area contributed by atoms with Crippen LogP contribution in [0.1, 0.15) is 15.9 Å². The predicted octanol–water partition coefficient (Wildman–Crippen LogP) is 3.91. The first-order valence-corrected chi connectivity index (χ1v) is 10.5. The number of ether oxygens (including phenoxy) is 1. The highest BCUT2D eigenvalue weighted by Crippen LogP contribution is 2.47. The summed E-state index contributed by atoms with van der Waals surface area (Å²) in [7, 11) is 1.16. The van der Waals surface area contributed by atoms with Gasteiger partial charge in [-0.15, -0.1) is 11.6 Å². The van der Waals surface area contributed by atoms with E-state index in [1.807, 2.05) is 0 Å². The van der Waals surface area contributed by atoms with Crippen molar-refractivity contribution in [2.45, 2.75) is 10.7 Å². The van der Waals surface area contributed by atoms with Gasteiger partial charge in [0.05, 0.1) is 5.03 Å². The second-order valence-electron chi connectivity index (χ2n) is 6.98. The number of allylic oxidation sites excluding steroid dienone is 2. The number of nitrogens with one attached hydrogen (secondary N) is 2. The van der Waals surface area contributed by atoms with E-state index in [9.17, 15) is 19.1 Å².